The van der Waals surface area contributed by atoms with Crippen molar-refractivity contribution in [3.8, 4) is 0 Å². The Kier molecular flexibility index (Phi) is 2.62. The van der Waals surface area contributed by atoms with Gasteiger partial charge in [0.2, 0.25) is 0 Å². The first kappa shape index (κ1) is 9.12. The fraction of sp³-hybridized carbons (Fsp3) is 0.375. The minimum Gasteiger partial charge on any atom is -0.390 e. The largest absolute Gasteiger partial charge is 0.390 e. The van der Waals surface area contributed by atoms with E-state index in [1.54, 1.807) is 11.8 Å². The van der Waals surface area contributed by atoms with Crippen molar-refractivity contribution >= 4 is 29.2 Å². The molecule has 0 saturated carbocycles. The summed E-state index contributed by atoms with van der Waals surface area (Å²) in [6.07, 6.45) is 0. The van der Waals surface area contributed by atoms with E-state index in [2.05, 4.69) is 10.3 Å². The van der Waals surface area contributed by atoms with Crippen molar-refractivity contribution in [2.75, 3.05) is 17.6 Å². The second-order valence-electron chi connectivity index (χ2n) is 2.70. The molecule has 13 heavy (non-hydrogen) atoms. The van der Waals surface area contributed by atoms with Gasteiger partial charge in [-0.3, -0.25) is 0 Å². The number of anilines is 1. The first-order valence-electron chi connectivity index (χ1n) is 3.98. The maximum Gasteiger partial charge on any atom is 0.140 e. The lowest BCUT2D eigenvalue weighted by Gasteiger charge is -2.17. The zero-order valence-corrected chi connectivity index (χ0v) is 8.45. The Bertz CT molecular complexity index is 332. The lowest BCUT2D eigenvalue weighted by atomic mass is 10.3. The van der Waals surface area contributed by atoms with Gasteiger partial charge in [-0.1, -0.05) is 11.6 Å². The Labute approximate surface area is 85.5 Å². The Morgan fingerprint density at radius 3 is 3.31 bits per heavy atom. The van der Waals surface area contributed by atoms with Gasteiger partial charge in [-0.25, -0.2) is 4.98 Å². The van der Waals surface area contributed by atoms with Crippen LogP contribution in [-0.4, -0.2) is 22.4 Å². The molecule has 1 aliphatic heterocycles. The molecule has 0 unspecified atom stereocenters. The number of aliphatic hydroxyl groups is 1. The Balaban J connectivity index is 2.44. The number of pyridine rings is 1. The second kappa shape index (κ2) is 3.74. The summed E-state index contributed by atoms with van der Waals surface area (Å²) in [6.45, 7) is 0.801. The molecule has 1 aromatic rings. The van der Waals surface area contributed by atoms with Crippen molar-refractivity contribution in [2.24, 2.45) is 0 Å². The predicted molar refractivity (Wildman–Crippen MR) is 54.4 cm³/mol. The van der Waals surface area contributed by atoms with Crippen LogP contribution in [0, 0.1) is 0 Å². The molecule has 1 aliphatic rings. The average molecular weight is 217 g/mol. The van der Waals surface area contributed by atoms with Crippen molar-refractivity contribution in [2.45, 2.75) is 11.5 Å². The normalized spacial score (nSPS) is 14.9. The number of aliphatic hydroxyl groups excluding tert-OH is 1. The number of hydrogen-bond acceptors (Lipinski definition) is 4. The van der Waals surface area contributed by atoms with Crippen molar-refractivity contribution in [1.82, 2.24) is 4.98 Å². The zero-order chi connectivity index (χ0) is 9.26. The second-order valence-corrected chi connectivity index (χ2v) is 4.24. The molecule has 2 rings (SSSR count). The number of nitrogens with one attached hydrogen (secondary N) is 1. The first-order chi connectivity index (χ1) is 6.31. The highest BCUT2D eigenvalue weighted by atomic mass is 35.5. The lowest BCUT2D eigenvalue weighted by molar-refractivity contribution is 0.277. The fourth-order valence-electron chi connectivity index (χ4n) is 1.19. The molecule has 0 bridgehead atoms. The van der Waals surface area contributed by atoms with Gasteiger partial charge in [0.25, 0.3) is 0 Å². The third kappa shape index (κ3) is 1.75. The summed E-state index contributed by atoms with van der Waals surface area (Å²) in [4.78, 5) is 5.28. The number of rotatable bonds is 1. The van der Waals surface area contributed by atoms with E-state index in [-0.39, 0.29) is 6.61 Å². The van der Waals surface area contributed by atoms with Crippen LogP contribution in [0.2, 0.25) is 5.02 Å². The van der Waals surface area contributed by atoms with Gasteiger partial charge in [0.05, 0.1) is 22.2 Å². The number of thioether (sulfide) groups is 1. The first-order valence-corrected chi connectivity index (χ1v) is 5.34. The zero-order valence-electron chi connectivity index (χ0n) is 6.88. The third-order valence-corrected chi connectivity index (χ3v) is 3.17. The molecule has 70 valence electrons. The fourth-order valence-corrected chi connectivity index (χ4v) is 2.34. The number of aromatic nitrogens is 1. The maximum absolute atomic E-state index is 8.94. The summed E-state index contributed by atoms with van der Waals surface area (Å²) in [5.74, 6) is 1.87. The molecule has 0 atom stereocenters. The molecule has 3 nitrogen and oxygen atoms in total. The molecule has 0 spiro atoms. The van der Waals surface area contributed by atoms with Gasteiger partial charge in [0.1, 0.15) is 5.82 Å². The summed E-state index contributed by atoms with van der Waals surface area (Å²) in [5, 5.41) is 12.6. The average Bonchev–Trinajstić information content (AvgIpc) is 2.17. The standard InChI is InChI=1S/C8H9ClN2OS/c9-5-3-7-8(10-1-2-13-7)11-6(5)4-12/h3,12H,1-2,4H2,(H,10,11). The van der Waals surface area contributed by atoms with E-state index in [1.807, 2.05) is 6.07 Å². The van der Waals surface area contributed by atoms with Gasteiger partial charge < -0.3 is 10.4 Å². The minimum atomic E-state index is -0.113. The van der Waals surface area contributed by atoms with Crippen molar-refractivity contribution < 1.29 is 5.11 Å². The van der Waals surface area contributed by atoms with Crippen LogP contribution in [0.4, 0.5) is 5.82 Å². The molecule has 1 aromatic heterocycles. The van der Waals surface area contributed by atoms with Gasteiger partial charge in [-0.2, -0.15) is 0 Å². The molecule has 0 amide bonds. The van der Waals surface area contributed by atoms with Gasteiger partial charge in [-0.05, 0) is 6.07 Å². The van der Waals surface area contributed by atoms with E-state index in [1.165, 1.54) is 0 Å². The summed E-state index contributed by atoms with van der Waals surface area (Å²) < 4.78 is 0. The van der Waals surface area contributed by atoms with Gasteiger partial charge in [0, 0.05) is 12.3 Å². The van der Waals surface area contributed by atoms with E-state index < -0.39 is 0 Å². The summed E-state index contributed by atoms with van der Waals surface area (Å²) in [5.41, 5.74) is 0.537. The van der Waals surface area contributed by atoms with Gasteiger partial charge in [-0.15, -0.1) is 11.8 Å². The van der Waals surface area contributed by atoms with E-state index in [0.717, 1.165) is 23.0 Å². The van der Waals surface area contributed by atoms with Crippen molar-refractivity contribution in [1.29, 1.82) is 0 Å². The molecular weight excluding hydrogens is 208 g/mol. The van der Waals surface area contributed by atoms with E-state index in [9.17, 15) is 0 Å². The molecule has 0 fully saturated rings. The van der Waals surface area contributed by atoms with Gasteiger partial charge >= 0.3 is 0 Å². The summed E-state index contributed by atoms with van der Waals surface area (Å²) in [6, 6.07) is 1.85. The number of halogens is 1. The van der Waals surface area contributed by atoms with E-state index in [0.29, 0.717) is 10.7 Å². The topological polar surface area (TPSA) is 45.2 Å². The Morgan fingerprint density at radius 2 is 2.54 bits per heavy atom. The maximum atomic E-state index is 8.94. The molecular formula is C8H9ClN2OS. The van der Waals surface area contributed by atoms with Crippen LogP contribution in [0.1, 0.15) is 5.69 Å². The molecule has 0 aliphatic carbocycles. The van der Waals surface area contributed by atoms with Crippen LogP contribution in [-0.2, 0) is 6.61 Å². The highest BCUT2D eigenvalue weighted by Gasteiger charge is 2.13. The molecule has 0 radical (unpaired) electrons. The van der Waals surface area contributed by atoms with Crippen LogP contribution in [0.5, 0.6) is 0 Å². The van der Waals surface area contributed by atoms with E-state index >= 15 is 0 Å². The van der Waals surface area contributed by atoms with Gasteiger partial charge in [0.15, 0.2) is 0 Å². The molecule has 2 N–H and O–H groups in total. The Hall–Kier alpha value is -0.450. The van der Waals surface area contributed by atoms with Crippen LogP contribution < -0.4 is 5.32 Å². The minimum absolute atomic E-state index is 0.113. The summed E-state index contributed by atoms with van der Waals surface area (Å²) in [7, 11) is 0. The van der Waals surface area contributed by atoms with Crippen molar-refractivity contribution in [3.63, 3.8) is 0 Å². The quantitative estimate of drug-likeness (QED) is 0.751. The SMILES string of the molecule is OCc1nc2c(cc1Cl)SCCN2. The number of nitrogens with zero attached hydrogens (tertiary/aromatic N) is 1. The van der Waals surface area contributed by atoms with Crippen LogP contribution >= 0.6 is 23.4 Å². The predicted octanol–water partition coefficient (Wildman–Crippen LogP) is 1.74. The Morgan fingerprint density at radius 1 is 1.69 bits per heavy atom. The van der Waals surface area contributed by atoms with Crippen LogP contribution in [0.15, 0.2) is 11.0 Å². The monoisotopic (exact) mass is 216 g/mol. The number of hydrogen-bond donors (Lipinski definition) is 2. The molecule has 0 aromatic carbocycles. The summed E-state index contributed by atoms with van der Waals surface area (Å²) >= 11 is 7.63. The lowest BCUT2D eigenvalue weighted by Crippen LogP contribution is -2.12. The van der Waals surface area contributed by atoms with Crippen molar-refractivity contribution in [3.05, 3.63) is 16.8 Å². The molecule has 5 heteroatoms. The molecule has 2 heterocycles. The molecule has 0 saturated heterocycles. The number of fused-ring (bicyclic) bond motifs is 1. The highest BCUT2D eigenvalue weighted by molar-refractivity contribution is 7.99. The highest BCUT2D eigenvalue weighted by Crippen LogP contribution is 2.32. The third-order valence-electron chi connectivity index (χ3n) is 1.82. The van der Waals surface area contributed by atoms with E-state index in [4.69, 9.17) is 16.7 Å². The van der Waals surface area contributed by atoms with Crippen LogP contribution in [0.3, 0.4) is 0 Å². The smallest absolute Gasteiger partial charge is 0.140 e. The van der Waals surface area contributed by atoms with Crippen LogP contribution in [0.25, 0.3) is 0 Å².